The van der Waals surface area contributed by atoms with Crippen molar-refractivity contribution < 1.29 is 4.79 Å². The number of carbonyl (C=O) groups excluding carboxylic acids is 1. The molecule has 2 aromatic rings. The second-order valence-corrected chi connectivity index (χ2v) is 6.79. The number of halogens is 1. The van der Waals surface area contributed by atoms with E-state index in [2.05, 4.69) is 46.5 Å². The second kappa shape index (κ2) is 8.16. The van der Waals surface area contributed by atoms with Crippen molar-refractivity contribution in [2.45, 2.75) is 33.1 Å². The molecule has 0 atom stereocenters. The number of para-hydroxylation sites is 1. The third-order valence-electron chi connectivity index (χ3n) is 3.71. The van der Waals surface area contributed by atoms with Crippen molar-refractivity contribution in [1.29, 1.82) is 0 Å². The Morgan fingerprint density at radius 1 is 1.17 bits per heavy atom. The summed E-state index contributed by atoms with van der Waals surface area (Å²) in [4.78, 5) is 12.1. The number of hydrogen-bond donors (Lipinski definition) is 2. The van der Waals surface area contributed by atoms with Gasteiger partial charge in [0.15, 0.2) is 0 Å². The lowest BCUT2D eigenvalue weighted by Gasteiger charge is -2.14. The van der Waals surface area contributed by atoms with Crippen molar-refractivity contribution >= 4 is 33.2 Å². The maximum atomic E-state index is 12.1. The third-order valence-corrected chi connectivity index (χ3v) is 4.56. The van der Waals surface area contributed by atoms with Gasteiger partial charge in [-0.2, -0.15) is 0 Å². The van der Waals surface area contributed by atoms with Gasteiger partial charge < -0.3 is 10.6 Å². The van der Waals surface area contributed by atoms with E-state index in [0.717, 1.165) is 21.4 Å². The quantitative estimate of drug-likeness (QED) is 0.717. The molecule has 0 spiro atoms. The standard InChI is InChI=1S/C19H23BrN2O/c1-13(2)16-6-4-5-7-18(16)22-19(23)10-11-21-15-9-8-14(3)17(20)12-15/h4-9,12-13,21H,10-11H2,1-3H3,(H,22,23). The number of benzene rings is 2. The number of anilines is 2. The summed E-state index contributed by atoms with van der Waals surface area (Å²) < 4.78 is 1.07. The monoisotopic (exact) mass is 374 g/mol. The molecule has 0 heterocycles. The van der Waals surface area contributed by atoms with Gasteiger partial charge in [0.2, 0.25) is 5.91 Å². The molecule has 2 rings (SSSR count). The highest BCUT2D eigenvalue weighted by atomic mass is 79.9. The van der Waals surface area contributed by atoms with E-state index in [4.69, 9.17) is 0 Å². The van der Waals surface area contributed by atoms with Crippen molar-refractivity contribution in [3.05, 3.63) is 58.1 Å². The van der Waals surface area contributed by atoms with Crippen LogP contribution in [0.2, 0.25) is 0 Å². The first kappa shape index (κ1) is 17.5. The van der Waals surface area contributed by atoms with Gasteiger partial charge in [0, 0.05) is 28.8 Å². The van der Waals surface area contributed by atoms with E-state index in [1.165, 1.54) is 5.56 Å². The molecule has 0 fully saturated rings. The minimum absolute atomic E-state index is 0.0248. The number of aryl methyl sites for hydroxylation is 1. The normalized spacial score (nSPS) is 10.7. The lowest BCUT2D eigenvalue weighted by Crippen LogP contribution is -2.17. The zero-order valence-electron chi connectivity index (χ0n) is 13.8. The van der Waals surface area contributed by atoms with Crippen LogP contribution in [0.25, 0.3) is 0 Å². The molecule has 4 heteroatoms. The summed E-state index contributed by atoms with van der Waals surface area (Å²) in [6, 6.07) is 14.1. The molecule has 0 unspecified atom stereocenters. The van der Waals surface area contributed by atoms with Crippen LogP contribution < -0.4 is 10.6 Å². The van der Waals surface area contributed by atoms with Crippen LogP contribution in [-0.2, 0) is 4.79 Å². The summed E-state index contributed by atoms with van der Waals surface area (Å²) in [7, 11) is 0. The molecular weight excluding hydrogens is 352 g/mol. The number of hydrogen-bond acceptors (Lipinski definition) is 2. The Hall–Kier alpha value is -1.81. The van der Waals surface area contributed by atoms with Gasteiger partial charge in [-0.05, 0) is 42.2 Å². The Labute approximate surface area is 146 Å². The predicted octanol–water partition coefficient (Wildman–Crippen LogP) is 5.32. The van der Waals surface area contributed by atoms with Crippen molar-refractivity contribution in [2.24, 2.45) is 0 Å². The van der Waals surface area contributed by atoms with Crippen LogP contribution >= 0.6 is 15.9 Å². The van der Waals surface area contributed by atoms with Gasteiger partial charge in [0.05, 0.1) is 0 Å². The highest BCUT2D eigenvalue weighted by Gasteiger charge is 2.09. The summed E-state index contributed by atoms with van der Waals surface area (Å²) >= 11 is 3.51. The number of rotatable bonds is 6. The average molecular weight is 375 g/mol. The Bertz CT molecular complexity index is 683. The first-order chi connectivity index (χ1) is 11.0. The lowest BCUT2D eigenvalue weighted by molar-refractivity contribution is -0.115. The van der Waals surface area contributed by atoms with E-state index in [-0.39, 0.29) is 5.91 Å². The lowest BCUT2D eigenvalue weighted by atomic mass is 10.0. The summed E-state index contributed by atoms with van der Waals surface area (Å²) in [5.41, 5.74) is 4.28. The fourth-order valence-corrected chi connectivity index (χ4v) is 2.73. The molecule has 0 aromatic heterocycles. The van der Waals surface area contributed by atoms with Crippen LogP contribution in [0.5, 0.6) is 0 Å². The van der Waals surface area contributed by atoms with Crippen LogP contribution in [0.15, 0.2) is 46.9 Å². The summed E-state index contributed by atoms with van der Waals surface area (Å²) in [6.07, 6.45) is 0.428. The Morgan fingerprint density at radius 3 is 2.61 bits per heavy atom. The van der Waals surface area contributed by atoms with Crippen LogP contribution in [0, 0.1) is 6.92 Å². The van der Waals surface area contributed by atoms with Crippen LogP contribution in [0.4, 0.5) is 11.4 Å². The van der Waals surface area contributed by atoms with E-state index in [1.807, 2.05) is 43.3 Å². The zero-order valence-corrected chi connectivity index (χ0v) is 15.4. The Morgan fingerprint density at radius 2 is 1.91 bits per heavy atom. The largest absolute Gasteiger partial charge is 0.384 e. The van der Waals surface area contributed by atoms with Gasteiger partial charge in [0.1, 0.15) is 0 Å². The SMILES string of the molecule is Cc1ccc(NCCC(=O)Nc2ccccc2C(C)C)cc1Br. The molecule has 0 aliphatic rings. The number of amides is 1. The molecule has 0 bridgehead atoms. The van der Waals surface area contributed by atoms with E-state index in [1.54, 1.807) is 0 Å². The zero-order chi connectivity index (χ0) is 16.8. The molecule has 1 amide bonds. The Balaban J connectivity index is 1.87. The minimum Gasteiger partial charge on any atom is -0.384 e. The van der Waals surface area contributed by atoms with E-state index >= 15 is 0 Å². The van der Waals surface area contributed by atoms with Crippen LogP contribution in [0.3, 0.4) is 0 Å². The highest BCUT2D eigenvalue weighted by molar-refractivity contribution is 9.10. The van der Waals surface area contributed by atoms with Gasteiger partial charge in [-0.3, -0.25) is 4.79 Å². The van der Waals surface area contributed by atoms with Crippen molar-refractivity contribution in [1.82, 2.24) is 0 Å². The van der Waals surface area contributed by atoms with E-state index < -0.39 is 0 Å². The third kappa shape index (κ3) is 5.10. The van der Waals surface area contributed by atoms with Crippen molar-refractivity contribution in [2.75, 3.05) is 17.2 Å². The topological polar surface area (TPSA) is 41.1 Å². The van der Waals surface area contributed by atoms with Crippen LogP contribution in [0.1, 0.15) is 37.3 Å². The minimum atomic E-state index is 0.0248. The van der Waals surface area contributed by atoms with Gasteiger partial charge in [-0.1, -0.05) is 54.0 Å². The highest BCUT2D eigenvalue weighted by Crippen LogP contribution is 2.24. The average Bonchev–Trinajstić information content (AvgIpc) is 2.51. The molecule has 0 saturated carbocycles. The van der Waals surface area contributed by atoms with Gasteiger partial charge >= 0.3 is 0 Å². The van der Waals surface area contributed by atoms with Crippen molar-refractivity contribution in [3.8, 4) is 0 Å². The molecule has 0 saturated heterocycles. The van der Waals surface area contributed by atoms with Gasteiger partial charge in [-0.15, -0.1) is 0 Å². The molecule has 0 aliphatic carbocycles. The number of carbonyl (C=O) groups is 1. The summed E-state index contributed by atoms with van der Waals surface area (Å²) in [5, 5.41) is 6.29. The van der Waals surface area contributed by atoms with Crippen molar-refractivity contribution in [3.63, 3.8) is 0 Å². The molecule has 3 nitrogen and oxygen atoms in total. The molecule has 0 aliphatic heterocycles. The molecule has 122 valence electrons. The molecule has 2 N–H and O–H groups in total. The Kier molecular flexibility index (Phi) is 6.22. The second-order valence-electron chi connectivity index (χ2n) is 5.93. The fraction of sp³-hybridized carbons (Fsp3) is 0.316. The van der Waals surface area contributed by atoms with Gasteiger partial charge in [-0.25, -0.2) is 0 Å². The maximum Gasteiger partial charge on any atom is 0.226 e. The van der Waals surface area contributed by atoms with Gasteiger partial charge in [0.25, 0.3) is 0 Å². The first-order valence-electron chi connectivity index (χ1n) is 7.86. The molecule has 2 aromatic carbocycles. The molecule has 0 radical (unpaired) electrons. The summed E-state index contributed by atoms with van der Waals surface area (Å²) in [5.74, 6) is 0.409. The van der Waals surface area contributed by atoms with E-state index in [9.17, 15) is 4.79 Å². The number of nitrogens with one attached hydrogen (secondary N) is 2. The summed E-state index contributed by atoms with van der Waals surface area (Å²) in [6.45, 7) is 6.91. The first-order valence-corrected chi connectivity index (χ1v) is 8.65. The maximum absolute atomic E-state index is 12.1. The smallest absolute Gasteiger partial charge is 0.226 e. The molecular formula is C19H23BrN2O. The molecule has 23 heavy (non-hydrogen) atoms. The predicted molar refractivity (Wildman–Crippen MR) is 101 cm³/mol. The van der Waals surface area contributed by atoms with Crippen LogP contribution in [-0.4, -0.2) is 12.5 Å². The fourth-order valence-electron chi connectivity index (χ4n) is 2.35. The van der Waals surface area contributed by atoms with E-state index in [0.29, 0.717) is 18.9 Å².